The Hall–Kier alpha value is -1.75. The lowest BCUT2D eigenvalue weighted by atomic mass is 10.2. The fraction of sp³-hybridized carbons (Fsp3) is 0.417. The molecular formula is C12H17NO4. The van der Waals surface area contributed by atoms with Gasteiger partial charge in [0.05, 0.1) is 27.9 Å². The second-order valence-corrected chi connectivity index (χ2v) is 3.36. The van der Waals surface area contributed by atoms with Crippen molar-refractivity contribution in [2.45, 2.75) is 6.54 Å². The summed E-state index contributed by atoms with van der Waals surface area (Å²) in [5.41, 5.74) is 0.927. The highest BCUT2D eigenvalue weighted by molar-refractivity contribution is 5.71. The van der Waals surface area contributed by atoms with Crippen molar-refractivity contribution in [2.75, 3.05) is 27.9 Å². The van der Waals surface area contributed by atoms with Crippen molar-refractivity contribution in [3.8, 4) is 11.5 Å². The molecule has 5 heteroatoms. The molecule has 5 nitrogen and oxygen atoms in total. The molecular weight excluding hydrogens is 222 g/mol. The minimum atomic E-state index is -0.299. The monoisotopic (exact) mass is 239 g/mol. The first-order valence-corrected chi connectivity index (χ1v) is 5.19. The molecule has 0 heterocycles. The van der Waals surface area contributed by atoms with Gasteiger partial charge >= 0.3 is 5.97 Å². The number of esters is 1. The molecule has 0 aliphatic heterocycles. The molecule has 0 aliphatic rings. The quantitative estimate of drug-likeness (QED) is 0.749. The fourth-order valence-electron chi connectivity index (χ4n) is 1.39. The van der Waals surface area contributed by atoms with E-state index in [2.05, 4.69) is 10.1 Å². The number of hydrogen-bond acceptors (Lipinski definition) is 5. The van der Waals surface area contributed by atoms with E-state index in [1.165, 1.54) is 7.11 Å². The highest BCUT2D eigenvalue weighted by Gasteiger charge is 2.06. The van der Waals surface area contributed by atoms with Gasteiger partial charge in [-0.2, -0.15) is 0 Å². The van der Waals surface area contributed by atoms with Crippen molar-refractivity contribution < 1.29 is 19.0 Å². The van der Waals surface area contributed by atoms with Gasteiger partial charge in [0.1, 0.15) is 11.5 Å². The van der Waals surface area contributed by atoms with Crippen LogP contribution >= 0.6 is 0 Å². The first-order chi connectivity index (χ1) is 8.21. The van der Waals surface area contributed by atoms with Crippen molar-refractivity contribution in [2.24, 2.45) is 0 Å². The van der Waals surface area contributed by atoms with E-state index >= 15 is 0 Å². The van der Waals surface area contributed by atoms with E-state index in [1.54, 1.807) is 14.2 Å². The van der Waals surface area contributed by atoms with Crippen LogP contribution in [-0.2, 0) is 16.1 Å². The molecule has 0 bridgehead atoms. The number of benzene rings is 1. The van der Waals surface area contributed by atoms with Gasteiger partial charge in [-0.25, -0.2) is 0 Å². The number of carbonyl (C=O) groups is 1. The van der Waals surface area contributed by atoms with Gasteiger partial charge < -0.3 is 19.5 Å². The van der Waals surface area contributed by atoms with E-state index < -0.39 is 0 Å². The van der Waals surface area contributed by atoms with Gasteiger partial charge in [0, 0.05) is 12.1 Å². The van der Waals surface area contributed by atoms with E-state index in [9.17, 15) is 4.79 Å². The Morgan fingerprint density at radius 1 is 1.24 bits per heavy atom. The van der Waals surface area contributed by atoms with Crippen LogP contribution in [0, 0.1) is 0 Å². The normalized spacial score (nSPS) is 9.82. The standard InChI is InChI=1S/C12H17NO4/c1-15-10-4-5-11(16-2)9(6-10)7-13-8-12(14)17-3/h4-6,13H,7-8H2,1-3H3. The third-order valence-electron chi connectivity index (χ3n) is 2.30. The van der Waals surface area contributed by atoms with Crippen molar-refractivity contribution in [3.63, 3.8) is 0 Å². The molecule has 0 unspecified atom stereocenters. The second-order valence-electron chi connectivity index (χ2n) is 3.36. The molecule has 1 rings (SSSR count). The summed E-state index contributed by atoms with van der Waals surface area (Å²) in [5.74, 6) is 1.20. The molecule has 0 spiro atoms. The van der Waals surface area contributed by atoms with E-state index in [1.807, 2.05) is 18.2 Å². The summed E-state index contributed by atoms with van der Waals surface area (Å²) in [6.45, 7) is 0.673. The van der Waals surface area contributed by atoms with Gasteiger partial charge in [0.2, 0.25) is 0 Å². The Balaban J connectivity index is 2.64. The summed E-state index contributed by atoms with van der Waals surface area (Å²) in [7, 11) is 4.56. The average molecular weight is 239 g/mol. The van der Waals surface area contributed by atoms with E-state index in [4.69, 9.17) is 9.47 Å². The molecule has 0 atom stereocenters. The lowest BCUT2D eigenvalue weighted by molar-refractivity contribution is -0.139. The molecule has 1 aromatic carbocycles. The minimum absolute atomic E-state index is 0.164. The smallest absolute Gasteiger partial charge is 0.319 e. The zero-order chi connectivity index (χ0) is 12.7. The van der Waals surface area contributed by atoms with Crippen LogP contribution in [0.4, 0.5) is 0 Å². The van der Waals surface area contributed by atoms with Crippen LogP contribution < -0.4 is 14.8 Å². The molecule has 1 aromatic rings. The largest absolute Gasteiger partial charge is 0.497 e. The summed E-state index contributed by atoms with van der Waals surface area (Å²) in [6, 6.07) is 5.51. The van der Waals surface area contributed by atoms with Crippen LogP contribution in [0.25, 0.3) is 0 Å². The van der Waals surface area contributed by atoms with Crippen LogP contribution in [0.2, 0.25) is 0 Å². The van der Waals surface area contributed by atoms with Gasteiger partial charge in [-0.05, 0) is 18.2 Å². The van der Waals surface area contributed by atoms with Crippen molar-refractivity contribution >= 4 is 5.97 Å². The maximum atomic E-state index is 10.9. The van der Waals surface area contributed by atoms with Gasteiger partial charge in [0.25, 0.3) is 0 Å². The number of nitrogens with one attached hydrogen (secondary N) is 1. The number of rotatable bonds is 6. The van der Waals surface area contributed by atoms with Gasteiger partial charge in [-0.1, -0.05) is 0 Å². The molecule has 0 radical (unpaired) electrons. The maximum absolute atomic E-state index is 10.9. The molecule has 0 fully saturated rings. The van der Waals surface area contributed by atoms with Crippen LogP contribution in [0.15, 0.2) is 18.2 Å². The van der Waals surface area contributed by atoms with E-state index in [0.29, 0.717) is 6.54 Å². The predicted octanol–water partition coefficient (Wildman–Crippen LogP) is 0.966. The van der Waals surface area contributed by atoms with Gasteiger partial charge in [0.15, 0.2) is 0 Å². The number of ether oxygens (including phenoxy) is 3. The van der Waals surface area contributed by atoms with Crippen LogP contribution in [0.1, 0.15) is 5.56 Å². The second kappa shape index (κ2) is 6.75. The molecule has 94 valence electrons. The summed E-state index contributed by atoms with van der Waals surface area (Å²) in [6.07, 6.45) is 0. The molecule has 1 N–H and O–H groups in total. The molecule has 17 heavy (non-hydrogen) atoms. The maximum Gasteiger partial charge on any atom is 0.319 e. The SMILES string of the molecule is COC(=O)CNCc1cc(OC)ccc1OC. The highest BCUT2D eigenvalue weighted by Crippen LogP contribution is 2.23. The van der Waals surface area contributed by atoms with Crippen LogP contribution in [0.3, 0.4) is 0 Å². The molecule has 0 saturated carbocycles. The molecule has 0 saturated heterocycles. The number of hydrogen-bond donors (Lipinski definition) is 1. The van der Waals surface area contributed by atoms with Crippen molar-refractivity contribution in [1.82, 2.24) is 5.32 Å². The lowest BCUT2D eigenvalue weighted by Crippen LogP contribution is -2.23. The van der Waals surface area contributed by atoms with Gasteiger partial charge in [-0.3, -0.25) is 4.79 Å². The average Bonchev–Trinajstić information content (AvgIpc) is 2.38. The Labute approximate surface area is 101 Å². The summed E-state index contributed by atoms with van der Waals surface area (Å²) in [4.78, 5) is 10.9. The third kappa shape index (κ3) is 3.96. The lowest BCUT2D eigenvalue weighted by Gasteiger charge is -2.10. The number of methoxy groups -OCH3 is 3. The van der Waals surface area contributed by atoms with Gasteiger partial charge in [-0.15, -0.1) is 0 Å². The van der Waals surface area contributed by atoms with Crippen LogP contribution in [0.5, 0.6) is 11.5 Å². The summed E-state index contributed by atoms with van der Waals surface area (Å²) >= 11 is 0. The van der Waals surface area contributed by atoms with Crippen LogP contribution in [-0.4, -0.2) is 33.8 Å². The first-order valence-electron chi connectivity index (χ1n) is 5.19. The summed E-state index contributed by atoms with van der Waals surface area (Å²) in [5, 5.41) is 2.97. The third-order valence-corrected chi connectivity index (χ3v) is 2.30. The molecule has 0 aliphatic carbocycles. The zero-order valence-electron chi connectivity index (χ0n) is 10.3. The van der Waals surface area contributed by atoms with Crippen molar-refractivity contribution in [1.29, 1.82) is 0 Å². The molecule has 0 aromatic heterocycles. The zero-order valence-corrected chi connectivity index (χ0v) is 10.3. The first kappa shape index (κ1) is 13.3. The Morgan fingerprint density at radius 2 is 2.00 bits per heavy atom. The van der Waals surface area contributed by atoms with Crippen molar-refractivity contribution in [3.05, 3.63) is 23.8 Å². The number of carbonyl (C=O) groups excluding carboxylic acids is 1. The Morgan fingerprint density at radius 3 is 2.59 bits per heavy atom. The topological polar surface area (TPSA) is 56.8 Å². The van der Waals surface area contributed by atoms with E-state index in [0.717, 1.165) is 17.1 Å². The predicted molar refractivity (Wildman–Crippen MR) is 63.3 cm³/mol. The van der Waals surface area contributed by atoms with E-state index in [-0.39, 0.29) is 12.5 Å². The highest BCUT2D eigenvalue weighted by atomic mass is 16.5. The fourth-order valence-corrected chi connectivity index (χ4v) is 1.39. The Bertz CT molecular complexity index is 379. The minimum Gasteiger partial charge on any atom is -0.497 e. The Kier molecular flexibility index (Phi) is 5.29. The summed E-state index contributed by atoms with van der Waals surface area (Å²) < 4.78 is 14.9. The molecule has 0 amide bonds.